The minimum absolute atomic E-state index is 0.189. The van der Waals surface area contributed by atoms with Crippen molar-refractivity contribution >= 4 is 22.7 Å². The number of fused-ring (bicyclic) bond motifs is 1. The maximum atomic E-state index is 12.6. The normalized spacial score (nSPS) is 10.8. The molecule has 2 heterocycles. The Kier molecular flexibility index (Phi) is 3.17. The Bertz CT molecular complexity index is 837. The number of anilines is 1. The van der Waals surface area contributed by atoms with E-state index in [-0.39, 0.29) is 5.91 Å². The zero-order chi connectivity index (χ0) is 15.0. The van der Waals surface area contributed by atoms with Gasteiger partial charge in [0.05, 0.1) is 16.6 Å². The highest BCUT2D eigenvalue weighted by Crippen LogP contribution is 2.23. The van der Waals surface area contributed by atoms with Gasteiger partial charge in [-0.2, -0.15) is 0 Å². The second-order valence-electron chi connectivity index (χ2n) is 5.03. The first kappa shape index (κ1) is 13.3. The van der Waals surface area contributed by atoms with Crippen LogP contribution in [0.3, 0.4) is 0 Å². The minimum atomic E-state index is -0.189. The van der Waals surface area contributed by atoms with Gasteiger partial charge >= 0.3 is 0 Å². The molecule has 3 rings (SSSR count). The average Bonchev–Trinajstić information content (AvgIpc) is 2.82. The number of aryl methyl sites for hydroxylation is 3. The summed E-state index contributed by atoms with van der Waals surface area (Å²) in [5, 5.41) is 7.47. The highest BCUT2D eigenvalue weighted by Gasteiger charge is 2.18. The van der Waals surface area contributed by atoms with Gasteiger partial charge in [-0.05, 0) is 38.5 Å². The first-order chi connectivity index (χ1) is 10.1. The Morgan fingerprint density at radius 3 is 2.71 bits per heavy atom. The zero-order valence-corrected chi connectivity index (χ0v) is 12.1. The van der Waals surface area contributed by atoms with Crippen molar-refractivity contribution in [1.29, 1.82) is 0 Å². The Balaban J connectivity index is 2.06. The Labute approximate surface area is 122 Å². The third-order valence-electron chi connectivity index (χ3n) is 3.38. The first-order valence-corrected chi connectivity index (χ1v) is 6.67. The summed E-state index contributed by atoms with van der Waals surface area (Å²) < 4.78 is 5.15. The van der Waals surface area contributed by atoms with Crippen LogP contribution in [0.4, 0.5) is 5.69 Å². The van der Waals surface area contributed by atoms with Crippen LogP contribution in [-0.4, -0.2) is 16.0 Å². The zero-order valence-electron chi connectivity index (χ0n) is 12.1. The molecule has 0 aliphatic carbocycles. The largest absolute Gasteiger partial charge is 0.336 e. The van der Waals surface area contributed by atoms with E-state index in [1.165, 1.54) is 0 Å². The molecule has 0 radical (unpaired) electrons. The molecule has 0 saturated carbocycles. The molecule has 1 N–H and O–H groups in total. The Hall–Kier alpha value is -2.69. The number of hydrogen-bond donors (Lipinski definition) is 1. The van der Waals surface area contributed by atoms with Gasteiger partial charge in [0, 0.05) is 11.4 Å². The topological polar surface area (TPSA) is 68.0 Å². The SMILES string of the molecule is Cc1cc(C(=O)Nc2ccccc2C)c2c(C)noc2n1. The van der Waals surface area contributed by atoms with Crippen molar-refractivity contribution < 1.29 is 9.32 Å². The van der Waals surface area contributed by atoms with Gasteiger partial charge < -0.3 is 9.84 Å². The van der Waals surface area contributed by atoms with Gasteiger partial charge in [-0.25, -0.2) is 4.98 Å². The molecular weight excluding hydrogens is 266 g/mol. The summed E-state index contributed by atoms with van der Waals surface area (Å²) in [7, 11) is 0. The number of para-hydroxylation sites is 1. The third-order valence-corrected chi connectivity index (χ3v) is 3.38. The summed E-state index contributed by atoms with van der Waals surface area (Å²) in [5.41, 5.74) is 4.09. The molecular formula is C16H15N3O2. The fourth-order valence-corrected chi connectivity index (χ4v) is 2.30. The van der Waals surface area contributed by atoms with E-state index in [9.17, 15) is 4.79 Å². The standard InChI is InChI=1S/C16H15N3O2/c1-9-6-4-5-7-13(9)18-15(20)12-8-10(2)17-16-14(12)11(3)19-21-16/h4-8H,1-3H3,(H,18,20). The lowest BCUT2D eigenvalue weighted by atomic mass is 10.1. The number of amides is 1. The number of pyridine rings is 1. The monoisotopic (exact) mass is 281 g/mol. The molecule has 1 amide bonds. The molecule has 0 fully saturated rings. The van der Waals surface area contributed by atoms with E-state index in [0.29, 0.717) is 28.1 Å². The fraction of sp³-hybridized carbons (Fsp3) is 0.188. The van der Waals surface area contributed by atoms with Gasteiger partial charge in [0.1, 0.15) is 0 Å². The van der Waals surface area contributed by atoms with Crippen molar-refractivity contribution in [2.24, 2.45) is 0 Å². The summed E-state index contributed by atoms with van der Waals surface area (Å²) in [6.07, 6.45) is 0. The van der Waals surface area contributed by atoms with Crippen molar-refractivity contribution in [1.82, 2.24) is 10.1 Å². The van der Waals surface area contributed by atoms with Crippen molar-refractivity contribution in [3.63, 3.8) is 0 Å². The van der Waals surface area contributed by atoms with Crippen molar-refractivity contribution in [3.05, 3.63) is 52.8 Å². The predicted molar refractivity (Wildman–Crippen MR) is 80.4 cm³/mol. The summed E-state index contributed by atoms with van der Waals surface area (Å²) in [5.74, 6) is -0.189. The number of nitrogens with one attached hydrogen (secondary N) is 1. The minimum Gasteiger partial charge on any atom is -0.336 e. The van der Waals surface area contributed by atoms with E-state index in [1.54, 1.807) is 13.0 Å². The molecule has 5 heteroatoms. The highest BCUT2D eigenvalue weighted by molar-refractivity contribution is 6.12. The van der Waals surface area contributed by atoms with Crippen LogP contribution in [0.25, 0.3) is 11.1 Å². The van der Waals surface area contributed by atoms with E-state index in [2.05, 4.69) is 15.5 Å². The summed E-state index contributed by atoms with van der Waals surface area (Å²) in [6, 6.07) is 9.40. The molecule has 106 valence electrons. The number of rotatable bonds is 2. The molecule has 5 nitrogen and oxygen atoms in total. The molecule has 21 heavy (non-hydrogen) atoms. The Morgan fingerprint density at radius 1 is 1.19 bits per heavy atom. The maximum absolute atomic E-state index is 12.6. The molecule has 0 spiro atoms. The summed E-state index contributed by atoms with van der Waals surface area (Å²) >= 11 is 0. The van der Waals surface area contributed by atoms with E-state index in [4.69, 9.17) is 4.52 Å². The van der Waals surface area contributed by atoms with Gasteiger partial charge in [0.25, 0.3) is 11.6 Å². The fourth-order valence-electron chi connectivity index (χ4n) is 2.30. The van der Waals surface area contributed by atoms with Gasteiger partial charge in [0.2, 0.25) is 0 Å². The second-order valence-corrected chi connectivity index (χ2v) is 5.03. The molecule has 0 atom stereocenters. The number of aromatic nitrogens is 2. The molecule has 0 unspecified atom stereocenters. The average molecular weight is 281 g/mol. The van der Waals surface area contributed by atoms with Crippen LogP contribution >= 0.6 is 0 Å². The highest BCUT2D eigenvalue weighted by atomic mass is 16.5. The summed E-state index contributed by atoms with van der Waals surface area (Å²) in [4.78, 5) is 16.8. The number of nitrogens with zero attached hydrogens (tertiary/aromatic N) is 2. The lowest BCUT2D eigenvalue weighted by Gasteiger charge is -2.09. The molecule has 0 saturated heterocycles. The second kappa shape index (κ2) is 5.01. The van der Waals surface area contributed by atoms with Crippen LogP contribution < -0.4 is 5.32 Å². The van der Waals surface area contributed by atoms with Crippen molar-refractivity contribution in [2.45, 2.75) is 20.8 Å². The third kappa shape index (κ3) is 2.38. The first-order valence-electron chi connectivity index (χ1n) is 6.67. The molecule has 0 bridgehead atoms. The molecule has 0 aliphatic heterocycles. The molecule has 1 aromatic carbocycles. The lowest BCUT2D eigenvalue weighted by Crippen LogP contribution is -2.14. The Morgan fingerprint density at radius 2 is 1.95 bits per heavy atom. The van der Waals surface area contributed by atoms with Crippen LogP contribution in [-0.2, 0) is 0 Å². The van der Waals surface area contributed by atoms with Crippen LogP contribution in [0.2, 0.25) is 0 Å². The van der Waals surface area contributed by atoms with Gasteiger partial charge in [-0.3, -0.25) is 4.79 Å². The van der Waals surface area contributed by atoms with E-state index in [1.807, 2.05) is 38.1 Å². The number of carbonyl (C=O) groups excluding carboxylic acids is 1. The number of carbonyl (C=O) groups is 1. The summed E-state index contributed by atoms with van der Waals surface area (Å²) in [6.45, 7) is 5.57. The van der Waals surface area contributed by atoms with Crippen molar-refractivity contribution in [2.75, 3.05) is 5.32 Å². The van der Waals surface area contributed by atoms with Crippen LogP contribution in [0.15, 0.2) is 34.9 Å². The van der Waals surface area contributed by atoms with Gasteiger partial charge in [0.15, 0.2) is 0 Å². The van der Waals surface area contributed by atoms with Crippen LogP contribution in [0.1, 0.15) is 27.3 Å². The molecule has 0 aliphatic rings. The smallest absolute Gasteiger partial charge is 0.258 e. The van der Waals surface area contributed by atoms with E-state index in [0.717, 1.165) is 11.3 Å². The number of hydrogen-bond acceptors (Lipinski definition) is 4. The van der Waals surface area contributed by atoms with Crippen LogP contribution in [0.5, 0.6) is 0 Å². The van der Waals surface area contributed by atoms with Gasteiger partial charge in [-0.1, -0.05) is 23.4 Å². The van der Waals surface area contributed by atoms with Crippen LogP contribution in [0, 0.1) is 20.8 Å². The van der Waals surface area contributed by atoms with E-state index < -0.39 is 0 Å². The van der Waals surface area contributed by atoms with Crippen molar-refractivity contribution in [3.8, 4) is 0 Å². The predicted octanol–water partition coefficient (Wildman–Crippen LogP) is 3.40. The molecule has 3 aromatic rings. The number of benzene rings is 1. The lowest BCUT2D eigenvalue weighted by molar-refractivity contribution is 0.102. The van der Waals surface area contributed by atoms with Gasteiger partial charge in [-0.15, -0.1) is 0 Å². The van der Waals surface area contributed by atoms with E-state index >= 15 is 0 Å². The quantitative estimate of drug-likeness (QED) is 0.781. The molecule has 2 aromatic heterocycles. The maximum Gasteiger partial charge on any atom is 0.258 e.